The molecule has 0 fully saturated rings. The van der Waals surface area contributed by atoms with Gasteiger partial charge in [0.15, 0.2) is 5.78 Å². The molecule has 1 unspecified atom stereocenters. The normalized spacial score (nSPS) is 14.6. The predicted molar refractivity (Wildman–Crippen MR) is 122 cm³/mol. The number of alkyl halides is 3. The Morgan fingerprint density at radius 1 is 1.07 bits per heavy atom. The number of halogens is 6. The zero-order valence-electron chi connectivity index (χ0n) is 15.7. The van der Waals surface area contributed by atoms with Crippen molar-refractivity contribution in [3.8, 4) is 0 Å². The van der Waals surface area contributed by atoms with E-state index in [1.165, 1.54) is 18.2 Å². The van der Waals surface area contributed by atoms with Crippen LogP contribution in [0.3, 0.4) is 0 Å². The van der Waals surface area contributed by atoms with Gasteiger partial charge in [0.05, 0.1) is 0 Å². The second-order valence-electron chi connectivity index (χ2n) is 7.48. The first-order valence-electron chi connectivity index (χ1n) is 8.40. The third-order valence-electron chi connectivity index (χ3n) is 3.90. The highest BCUT2D eigenvalue weighted by Gasteiger charge is 2.54. The fraction of sp³-hybridized carbons (Fsp3) is 0.350. The molecular formula is C20H18BrCl2F3OS2. The molecule has 1 atom stereocenters. The van der Waals surface area contributed by atoms with Crippen molar-refractivity contribution in [3.05, 3.63) is 62.0 Å². The Balaban J connectivity index is 2.40. The Hall–Kier alpha value is -0.340. The van der Waals surface area contributed by atoms with Crippen LogP contribution in [0.15, 0.2) is 45.8 Å². The maximum atomic E-state index is 13.9. The van der Waals surface area contributed by atoms with Crippen molar-refractivity contribution in [1.82, 2.24) is 0 Å². The zero-order chi connectivity index (χ0) is 22.2. The van der Waals surface area contributed by atoms with Crippen molar-refractivity contribution < 1.29 is 18.0 Å². The number of Topliss-reactive ketones (excluding diaryl/α,β-unsaturated/α-hetero) is 1. The number of carbonyl (C=O) groups is 1. The van der Waals surface area contributed by atoms with E-state index < -0.39 is 23.1 Å². The van der Waals surface area contributed by atoms with Gasteiger partial charge in [-0.2, -0.15) is 25.8 Å². The Kier molecular flexibility index (Phi) is 7.76. The first-order valence-corrected chi connectivity index (χ1v) is 11.2. The lowest BCUT2D eigenvalue weighted by Crippen LogP contribution is -2.39. The second kappa shape index (κ2) is 9.03. The number of thiol groups is 1. The summed E-state index contributed by atoms with van der Waals surface area (Å²) in [7, 11) is 0. The van der Waals surface area contributed by atoms with Crippen LogP contribution in [0.5, 0.6) is 0 Å². The molecule has 0 aliphatic heterocycles. The minimum absolute atomic E-state index is 0.0360. The molecule has 2 aromatic rings. The molecule has 29 heavy (non-hydrogen) atoms. The van der Waals surface area contributed by atoms with Crippen LogP contribution in [0, 0.1) is 0 Å². The van der Waals surface area contributed by atoms with Gasteiger partial charge in [-0.25, -0.2) is 0 Å². The van der Waals surface area contributed by atoms with Gasteiger partial charge in [-0.1, -0.05) is 50.0 Å². The Labute approximate surface area is 196 Å². The summed E-state index contributed by atoms with van der Waals surface area (Å²) < 4.78 is 39.6. The Morgan fingerprint density at radius 3 is 2.07 bits per heavy atom. The first-order chi connectivity index (χ1) is 13.1. The van der Waals surface area contributed by atoms with Crippen LogP contribution in [0.25, 0.3) is 0 Å². The fourth-order valence-electron chi connectivity index (χ4n) is 2.58. The highest BCUT2D eigenvalue weighted by molar-refractivity contribution is 9.10. The van der Waals surface area contributed by atoms with E-state index in [1.54, 1.807) is 17.8 Å². The van der Waals surface area contributed by atoms with Crippen LogP contribution in [0.4, 0.5) is 13.2 Å². The number of hydrogen-bond donors (Lipinski definition) is 1. The highest BCUT2D eigenvalue weighted by atomic mass is 79.9. The summed E-state index contributed by atoms with van der Waals surface area (Å²) in [5.41, 5.74) is -0.121. The SMILES string of the molecule is CC(C)(C)Sc1ccc(C(=O)CC(S)(c2cc(Cl)cc(Cl)c2)C(F)(F)F)cc1Br. The van der Waals surface area contributed by atoms with Crippen LogP contribution in [-0.4, -0.2) is 16.7 Å². The van der Waals surface area contributed by atoms with Crippen LogP contribution in [0.1, 0.15) is 43.1 Å². The number of benzene rings is 2. The number of ketones is 1. The topological polar surface area (TPSA) is 17.1 Å². The van der Waals surface area contributed by atoms with Gasteiger partial charge < -0.3 is 0 Å². The molecule has 0 heterocycles. The van der Waals surface area contributed by atoms with Crippen molar-refractivity contribution >= 4 is 69.3 Å². The molecule has 0 aliphatic carbocycles. The Morgan fingerprint density at radius 2 is 1.62 bits per heavy atom. The second-order valence-corrected chi connectivity index (χ2v) is 11.8. The van der Waals surface area contributed by atoms with Crippen molar-refractivity contribution in [1.29, 1.82) is 0 Å². The van der Waals surface area contributed by atoms with Gasteiger partial charge >= 0.3 is 6.18 Å². The van der Waals surface area contributed by atoms with Crippen molar-refractivity contribution in [2.75, 3.05) is 0 Å². The summed E-state index contributed by atoms with van der Waals surface area (Å²) in [4.78, 5) is 13.6. The van der Waals surface area contributed by atoms with Gasteiger partial charge in [0.2, 0.25) is 0 Å². The molecule has 0 radical (unpaired) electrons. The monoisotopic (exact) mass is 544 g/mol. The van der Waals surface area contributed by atoms with Gasteiger partial charge in [-0.15, -0.1) is 11.8 Å². The van der Waals surface area contributed by atoms with E-state index in [-0.39, 0.29) is 25.9 Å². The van der Waals surface area contributed by atoms with Gasteiger partial charge in [0.1, 0.15) is 4.75 Å². The number of rotatable bonds is 5. The summed E-state index contributed by atoms with van der Waals surface area (Å²) >= 11 is 20.6. The van der Waals surface area contributed by atoms with Crippen LogP contribution in [0.2, 0.25) is 10.0 Å². The minimum atomic E-state index is -4.81. The number of thioether (sulfide) groups is 1. The van der Waals surface area contributed by atoms with E-state index in [9.17, 15) is 18.0 Å². The van der Waals surface area contributed by atoms with E-state index in [0.29, 0.717) is 4.47 Å². The van der Waals surface area contributed by atoms with Crippen molar-refractivity contribution in [2.24, 2.45) is 0 Å². The fourth-order valence-corrected chi connectivity index (χ4v) is 4.95. The highest BCUT2D eigenvalue weighted by Crippen LogP contribution is 2.49. The van der Waals surface area contributed by atoms with E-state index in [0.717, 1.165) is 17.0 Å². The third-order valence-corrected chi connectivity index (χ3v) is 7.11. The number of hydrogen-bond acceptors (Lipinski definition) is 3. The van der Waals surface area contributed by atoms with E-state index in [2.05, 4.69) is 28.6 Å². The number of carbonyl (C=O) groups excluding carboxylic acids is 1. The molecule has 0 amide bonds. The zero-order valence-corrected chi connectivity index (χ0v) is 20.5. The Bertz CT molecular complexity index is 909. The largest absolute Gasteiger partial charge is 0.407 e. The van der Waals surface area contributed by atoms with Gasteiger partial charge in [-0.05, 0) is 51.8 Å². The molecule has 2 aromatic carbocycles. The molecule has 0 aliphatic rings. The third kappa shape index (κ3) is 6.33. The lowest BCUT2D eigenvalue weighted by Gasteiger charge is -2.31. The maximum Gasteiger partial charge on any atom is 0.407 e. The molecule has 0 spiro atoms. The van der Waals surface area contributed by atoms with Crippen molar-refractivity contribution in [2.45, 2.75) is 47.8 Å². The lowest BCUT2D eigenvalue weighted by molar-refractivity contribution is -0.160. The molecule has 0 aromatic heterocycles. The predicted octanol–water partition coefficient (Wildman–Crippen LogP) is 8.61. The van der Waals surface area contributed by atoms with E-state index in [1.807, 2.05) is 20.8 Å². The molecule has 0 N–H and O–H groups in total. The summed E-state index contributed by atoms with van der Waals surface area (Å²) in [6, 6.07) is 8.35. The van der Waals surface area contributed by atoms with Crippen LogP contribution < -0.4 is 0 Å². The van der Waals surface area contributed by atoms with Gasteiger partial charge in [0.25, 0.3) is 0 Å². The molecule has 158 valence electrons. The van der Waals surface area contributed by atoms with Gasteiger partial charge in [0, 0.05) is 36.1 Å². The smallest absolute Gasteiger partial charge is 0.294 e. The lowest BCUT2D eigenvalue weighted by atomic mass is 9.90. The first kappa shape index (κ1) is 24.9. The van der Waals surface area contributed by atoms with Crippen LogP contribution >= 0.6 is 63.5 Å². The molecule has 2 rings (SSSR count). The molecular weight excluding hydrogens is 528 g/mol. The molecule has 0 bridgehead atoms. The quantitative estimate of drug-likeness (QED) is 0.230. The van der Waals surface area contributed by atoms with Crippen LogP contribution in [-0.2, 0) is 4.75 Å². The summed E-state index contributed by atoms with van der Waals surface area (Å²) in [6.07, 6.45) is -5.70. The summed E-state index contributed by atoms with van der Waals surface area (Å²) in [5.74, 6) is -0.693. The summed E-state index contributed by atoms with van der Waals surface area (Å²) in [5, 5.41) is 0.0721. The van der Waals surface area contributed by atoms with Gasteiger partial charge in [-0.3, -0.25) is 4.79 Å². The standard InChI is InChI=1S/C20H18BrCl2F3OS2/c1-18(2,3)29-17-5-4-11(6-15(17)21)16(27)10-19(28,20(24,25)26)12-7-13(22)9-14(23)8-12/h4-9,28H,10H2,1-3H3. The average Bonchev–Trinajstić information content (AvgIpc) is 2.53. The maximum absolute atomic E-state index is 13.9. The van der Waals surface area contributed by atoms with E-state index >= 15 is 0 Å². The molecule has 0 saturated carbocycles. The van der Waals surface area contributed by atoms with E-state index in [4.69, 9.17) is 23.2 Å². The average molecular weight is 546 g/mol. The molecule has 9 heteroatoms. The summed E-state index contributed by atoms with van der Waals surface area (Å²) in [6.45, 7) is 6.12. The van der Waals surface area contributed by atoms with Crippen molar-refractivity contribution in [3.63, 3.8) is 0 Å². The molecule has 1 nitrogen and oxygen atoms in total. The molecule has 0 saturated heterocycles. The minimum Gasteiger partial charge on any atom is -0.294 e.